The molecule has 2 aliphatic heterocycles. The van der Waals surface area contributed by atoms with Crippen molar-refractivity contribution < 1.29 is 13.2 Å². The van der Waals surface area contributed by atoms with E-state index in [1.54, 1.807) is 4.31 Å². The molecule has 0 aromatic rings. The standard InChI is InChI=1S/C14H26N2O3S/c17-20(18,15-9-11-19-12-10-15)16-8-4-7-14(16)13-5-2-1-3-6-13/h13-14H,1-12H2/t14-/m0/s1. The fourth-order valence-electron chi connectivity index (χ4n) is 3.97. The Labute approximate surface area is 122 Å². The van der Waals surface area contributed by atoms with Crippen molar-refractivity contribution in [1.29, 1.82) is 0 Å². The van der Waals surface area contributed by atoms with Gasteiger partial charge in [0.2, 0.25) is 0 Å². The molecule has 0 N–H and O–H groups in total. The average Bonchev–Trinajstić information content (AvgIpc) is 2.99. The van der Waals surface area contributed by atoms with Gasteiger partial charge in [0, 0.05) is 25.7 Å². The van der Waals surface area contributed by atoms with Gasteiger partial charge in [0.15, 0.2) is 0 Å². The third kappa shape index (κ3) is 2.89. The molecule has 0 aromatic heterocycles. The van der Waals surface area contributed by atoms with Crippen LogP contribution in [0.2, 0.25) is 0 Å². The van der Waals surface area contributed by atoms with Crippen LogP contribution in [0.25, 0.3) is 0 Å². The molecule has 3 rings (SSSR count). The molecule has 3 aliphatic rings. The molecule has 6 heteroatoms. The van der Waals surface area contributed by atoms with Crippen molar-refractivity contribution >= 4 is 10.2 Å². The average molecular weight is 302 g/mol. The quantitative estimate of drug-likeness (QED) is 0.796. The molecular formula is C14H26N2O3S. The van der Waals surface area contributed by atoms with E-state index < -0.39 is 10.2 Å². The monoisotopic (exact) mass is 302 g/mol. The van der Waals surface area contributed by atoms with E-state index in [9.17, 15) is 8.42 Å². The Hall–Kier alpha value is -0.170. The lowest BCUT2D eigenvalue weighted by molar-refractivity contribution is 0.0689. The second-order valence-corrected chi connectivity index (χ2v) is 8.12. The summed E-state index contributed by atoms with van der Waals surface area (Å²) in [6.45, 7) is 2.79. The first-order valence-corrected chi connectivity index (χ1v) is 9.44. The van der Waals surface area contributed by atoms with Crippen LogP contribution >= 0.6 is 0 Å². The summed E-state index contributed by atoms with van der Waals surface area (Å²) < 4.78 is 34.4. The Kier molecular flexibility index (Phi) is 4.65. The van der Waals surface area contributed by atoms with E-state index in [0.717, 1.165) is 12.8 Å². The van der Waals surface area contributed by atoms with Gasteiger partial charge in [0.25, 0.3) is 10.2 Å². The molecule has 5 nitrogen and oxygen atoms in total. The molecule has 1 atom stereocenters. The van der Waals surface area contributed by atoms with Crippen molar-refractivity contribution in [1.82, 2.24) is 8.61 Å². The highest BCUT2D eigenvalue weighted by Crippen LogP contribution is 2.36. The van der Waals surface area contributed by atoms with Crippen molar-refractivity contribution in [2.45, 2.75) is 51.0 Å². The number of rotatable bonds is 3. The fraction of sp³-hybridized carbons (Fsp3) is 1.00. The Balaban J connectivity index is 1.73. The summed E-state index contributed by atoms with van der Waals surface area (Å²) in [6.07, 6.45) is 8.34. The molecule has 2 saturated heterocycles. The molecule has 0 unspecified atom stereocenters. The largest absolute Gasteiger partial charge is 0.379 e. The van der Waals surface area contributed by atoms with Crippen LogP contribution in [0.5, 0.6) is 0 Å². The SMILES string of the molecule is O=S(=O)(N1CCOCC1)N1CCC[C@H]1C1CCCCC1. The topological polar surface area (TPSA) is 49.9 Å². The lowest BCUT2D eigenvalue weighted by Crippen LogP contribution is -2.51. The normalized spacial score (nSPS) is 31.7. The van der Waals surface area contributed by atoms with Gasteiger partial charge < -0.3 is 4.74 Å². The van der Waals surface area contributed by atoms with Gasteiger partial charge in [-0.05, 0) is 31.6 Å². The van der Waals surface area contributed by atoms with E-state index in [1.165, 1.54) is 32.1 Å². The predicted molar refractivity (Wildman–Crippen MR) is 77.6 cm³/mol. The molecular weight excluding hydrogens is 276 g/mol. The van der Waals surface area contributed by atoms with Crippen LogP contribution in [0.15, 0.2) is 0 Å². The molecule has 2 heterocycles. The molecule has 0 amide bonds. The highest BCUT2D eigenvalue weighted by Gasteiger charge is 2.41. The molecule has 1 aliphatic carbocycles. The first-order valence-electron chi connectivity index (χ1n) is 8.04. The Morgan fingerprint density at radius 2 is 1.55 bits per heavy atom. The Morgan fingerprint density at radius 1 is 0.850 bits per heavy atom. The van der Waals surface area contributed by atoms with Gasteiger partial charge in [-0.1, -0.05) is 19.3 Å². The van der Waals surface area contributed by atoms with Crippen LogP contribution in [-0.2, 0) is 14.9 Å². The summed E-state index contributed by atoms with van der Waals surface area (Å²) in [5, 5.41) is 0. The lowest BCUT2D eigenvalue weighted by Gasteiger charge is -2.37. The van der Waals surface area contributed by atoms with Gasteiger partial charge in [0.05, 0.1) is 13.2 Å². The maximum atomic E-state index is 12.8. The maximum absolute atomic E-state index is 12.8. The van der Waals surface area contributed by atoms with Crippen LogP contribution in [0.3, 0.4) is 0 Å². The zero-order valence-electron chi connectivity index (χ0n) is 12.2. The number of nitrogens with zero attached hydrogens (tertiary/aromatic N) is 2. The summed E-state index contributed by atoms with van der Waals surface area (Å²) >= 11 is 0. The van der Waals surface area contributed by atoms with Gasteiger partial charge in [-0.15, -0.1) is 0 Å². The Bertz CT molecular complexity index is 414. The zero-order chi connectivity index (χ0) is 14.0. The summed E-state index contributed by atoms with van der Waals surface area (Å²) in [4.78, 5) is 0. The number of hydrogen-bond donors (Lipinski definition) is 0. The highest BCUT2D eigenvalue weighted by atomic mass is 32.2. The minimum atomic E-state index is -3.27. The smallest absolute Gasteiger partial charge is 0.282 e. The summed E-state index contributed by atoms with van der Waals surface area (Å²) in [5.41, 5.74) is 0. The van der Waals surface area contributed by atoms with Crippen LogP contribution in [0, 0.1) is 5.92 Å². The zero-order valence-corrected chi connectivity index (χ0v) is 13.0. The molecule has 0 spiro atoms. The second kappa shape index (κ2) is 6.30. The van der Waals surface area contributed by atoms with Crippen molar-refractivity contribution in [3.8, 4) is 0 Å². The third-order valence-corrected chi connectivity index (χ3v) is 7.10. The van der Waals surface area contributed by atoms with E-state index in [1.807, 2.05) is 4.31 Å². The van der Waals surface area contributed by atoms with Crippen LogP contribution < -0.4 is 0 Å². The first kappa shape index (κ1) is 14.8. The van der Waals surface area contributed by atoms with Crippen LogP contribution in [-0.4, -0.2) is 55.9 Å². The molecule has 0 bridgehead atoms. The third-order valence-electron chi connectivity index (χ3n) is 5.03. The van der Waals surface area contributed by atoms with E-state index >= 15 is 0 Å². The molecule has 116 valence electrons. The highest BCUT2D eigenvalue weighted by molar-refractivity contribution is 7.86. The van der Waals surface area contributed by atoms with E-state index in [2.05, 4.69) is 0 Å². The van der Waals surface area contributed by atoms with Crippen molar-refractivity contribution in [2.75, 3.05) is 32.8 Å². The molecule has 3 fully saturated rings. The summed E-state index contributed by atoms with van der Waals surface area (Å²) in [7, 11) is -3.27. The molecule has 1 saturated carbocycles. The maximum Gasteiger partial charge on any atom is 0.282 e. The van der Waals surface area contributed by atoms with E-state index in [0.29, 0.717) is 38.8 Å². The van der Waals surface area contributed by atoms with E-state index in [4.69, 9.17) is 4.74 Å². The van der Waals surface area contributed by atoms with Crippen molar-refractivity contribution in [3.63, 3.8) is 0 Å². The number of morpholine rings is 1. The van der Waals surface area contributed by atoms with Gasteiger partial charge in [-0.25, -0.2) is 0 Å². The minimum Gasteiger partial charge on any atom is -0.379 e. The van der Waals surface area contributed by atoms with Crippen LogP contribution in [0.1, 0.15) is 44.9 Å². The van der Waals surface area contributed by atoms with Crippen molar-refractivity contribution in [2.24, 2.45) is 5.92 Å². The fourth-order valence-corrected chi connectivity index (χ4v) is 5.85. The van der Waals surface area contributed by atoms with Crippen molar-refractivity contribution in [3.05, 3.63) is 0 Å². The first-order chi connectivity index (χ1) is 9.69. The minimum absolute atomic E-state index is 0.253. The Morgan fingerprint density at radius 3 is 2.25 bits per heavy atom. The summed E-state index contributed by atoms with van der Waals surface area (Å²) in [6, 6.07) is 0.253. The van der Waals surface area contributed by atoms with Gasteiger partial charge >= 0.3 is 0 Å². The number of hydrogen-bond acceptors (Lipinski definition) is 3. The second-order valence-electron chi connectivity index (χ2n) is 6.24. The van der Waals surface area contributed by atoms with Gasteiger partial charge in [-0.2, -0.15) is 17.0 Å². The van der Waals surface area contributed by atoms with Gasteiger partial charge in [0.1, 0.15) is 0 Å². The molecule has 0 radical (unpaired) electrons. The molecule has 20 heavy (non-hydrogen) atoms. The van der Waals surface area contributed by atoms with Crippen LogP contribution in [0.4, 0.5) is 0 Å². The lowest BCUT2D eigenvalue weighted by atomic mass is 9.83. The predicted octanol–water partition coefficient (Wildman–Crippen LogP) is 1.61. The molecule has 0 aromatic carbocycles. The number of ether oxygens (including phenoxy) is 1. The van der Waals surface area contributed by atoms with E-state index in [-0.39, 0.29) is 6.04 Å². The summed E-state index contributed by atoms with van der Waals surface area (Å²) in [5.74, 6) is 0.585. The van der Waals surface area contributed by atoms with Gasteiger partial charge in [-0.3, -0.25) is 0 Å².